The lowest BCUT2D eigenvalue weighted by Gasteiger charge is -2.40. The highest BCUT2D eigenvalue weighted by atomic mass is 79.9. The van der Waals surface area contributed by atoms with E-state index in [1.807, 2.05) is 30.0 Å². The van der Waals surface area contributed by atoms with Crippen LogP contribution in [-0.2, 0) is 0 Å². The molecule has 1 aliphatic heterocycles. The monoisotopic (exact) mass is 324 g/mol. The minimum absolute atomic E-state index is 0.100. The molecule has 2 rings (SSSR count). The third-order valence-electron chi connectivity index (χ3n) is 3.95. The van der Waals surface area contributed by atoms with E-state index in [2.05, 4.69) is 22.9 Å². The van der Waals surface area contributed by atoms with Crippen LogP contribution in [0.3, 0.4) is 0 Å². The van der Waals surface area contributed by atoms with Crippen LogP contribution in [0.4, 0.5) is 0 Å². The van der Waals surface area contributed by atoms with Crippen LogP contribution < -0.4 is 5.73 Å². The van der Waals surface area contributed by atoms with E-state index in [9.17, 15) is 4.79 Å². The number of nitrogens with two attached hydrogens (primary N) is 1. The Balaban J connectivity index is 2.27. The van der Waals surface area contributed by atoms with Gasteiger partial charge in [0, 0.05) is 28.7 Å². The molecule has 2 N–H and O–H groups in total. The predicted octanol–water partition coefficient (Wildman–Crippen LogP) is 3.10. The molecule has 1 aliphatic rings. The van der Waals surface area contributed by atoms with Gasteiger partial charge in [-0.2, -0.15) is 0 Å². The van der Waals surface area contributed by atoms with Crippen molar-refractivity contribution in [3.63, 3.8) is 0 Å². The van der Waals surface area contributed by atoms with Crippen molar-refractivity contribution in [3.8, 4) is 0 Å². The first-order valence-electron chi connectivity index (χ1n) is 6.83. The van der Waals surface area contributed by atoms with Crippen molar-refractivity contribution in [2.45, 2.75) is 45.2 Å². The Kier molecular flexibility index (Phi) is 4.63. The van der Waals surface area contributed by atoms with E-state index in [1.54, 1.807) is 0 Å². The highest BCUT2D eigenvalue weighted by molar-refractivity contribution is 9.10. The van der Waals surface area contributed by atoms with E-state index in [1.165, 1.54) is 0 Å². The van der Waals surface area contributed by atoms with Gasteiger partial charge in [-0.3, -0.25) is 4.79 Å². The van der Waals surface area contributed by atoms with Crippen molar-refractivity contribution in [2.24, 2.45) is 5.73 Å². The summed E-state index contributed by atoms with van der Waals surface area (Å²) in [4.78, 5) is 14.7. The molecule has 0 spiro atoms. The maximum Gasteiger partial charge on any atom is 0.254 e. The molecule has 19 heavy (non-hydrogen) atoms. The molecule has 2 atom stereocenters. The number of nitrogens with zero attached hydrogens (tertiary/aromatic N) is 1. The molecule has 0 saturated carbocycles. The number of rotatable bonds is 2. The summed E-state index contributed by atoms with van der Waals surface area (Å²) in [5.41, 5.74) is 7.70. The molecule has 1 saturated heterocycles. The number of likely N-dealkylation sites (tertiary alicyclic amines) is 1. The molecule has 0 aromatic heterocycles. The zero-order valence-corrected chi connectivity index (χ0v) is 13.1. The fourth-order valence-corrected chi connectivity index (χ4v) is 3.14. The first-order valence-corrected chi connectivity index (χ1v) is 7.62. The highest BCUT2D eigenvalue weighted by Crippen LogP contribution is 2.26. The predicted molar refractivity (Wildman–Crippen MR) is 81.2 cm³/mol. The van der Waals surface area contributed by atoms with Crippen molar-refractivity contribution < 1.29 is 4.79 Å². The number of halogens is 1. The molecule has 1 aromatic carbocycles. The summed E-state index contributed by atoms with van der Waals surface area (Å²) >= 11 is 3.49. The second-order valence-corrected chi connectivity index (χ2v) is 6.20. The number of carbonyl (C=O) groups is 1. The van der Waals surface area contributed by atoms with Gasteiger partial charge in [0.1, 0.15) is 0 Å². The Morgan fingerprint density at radius 3 is 2.84 bits per heavy atom. The van der Waals surface area contributed by atoms with Crippen LogP contribution in [0.25, 0.3) is 0 Å². The molecule has 0 bridgehead atoms. The average molecular weight is 325 g/mol. The van der Waals surface area contributed by atoms with Gasteiger partial charge < -0.3 is 10.6 Å². The zero-order chi connectivity index (χ0) is 14.0. The Bertz CT molecular complexity index is 475. The molecular formula is C15H21BrN2O. The molecular weight excluding hydrogens is 304 g/mol. The molecule has 0 radical (unpaired) electrons. The summed E-state index contributed by atoms with van der Waals surface area (Å²) in [6, 6.07) is 6.24. The number of carbonyl (C=O) groups excluding carboxylic acids is 1. The summed E-state index contributed by atoms with van der Waals surface area (Å²) in [6.45, 7) is 4.68. The van der Waals surface area contributed by atoms with Gasteiger partial charge >= 0.3 is 0 Å². The molecule has 1 aromatic rings. The second kappa shape index (κ2) is 6.06. The van der Waals surface area contributed by atoms with Gasteiger partial charge in [0.25, 0.3) is 5.91 Å². The molecule has 2 unspecified atom stereocenters. The minimum atomic E-state index is 0.100. The first-order chi connectivity index (χ1) is 9.04. The normalized spacial score (nSPS) is 23.5. The molecule has 1 heterocycles. The first kappa shape index (κ1) is 14.5. The van der Waals surface area contributed by atoms with E-state index in [4.69, 9.17) is 5.73 Å². The Labute approximate surface area is 123 Å². The number of hydrogen-bond donors (Lipinski definition) is 1. The zero-order valence-electron chi connectivity index (χ0n) is 11.5. The lowest BCUT2D eigenvalue weighted by atomic mass is 9.95. The molecule has 3 nitrogen and oxygen atoms in total. The SMILES string of the molecule is Cc1ccc(C(=O)N2C(C)CCCC2CN)cc1Br. The van der Waals surface area contributed by atoms with Gasteiger partial charge in [0.05, 0.1) is 0 Å². The van der Waals surface area contributed by atoms with Gasteiger partial charge in [-0.05, 0) is 50.8 Å². The topological polar surface area (TPSA) is 46.3 Å². The molecule has 1 amide bonds. The Hall–Kier alpha value is -0.870. The quantitative estimate of drug-likeness (QED) is 0.908. The van der Waals surface area contributed by atoms with Crippen LogP contribution in [0.2, 0.25) is 0 Å². The summed E-state index contributed by atoms with van der Waals surface area (Å²) in [5, 5.41) is 0. The lowest BCUT2D eigenvalue weighted by Crippen LogP contribution is -2.51. The summed E-state index contributed by atoms with van der Waals surface area (Å²) in [7, 11) is 0. The fraction of sp³-hybridized carbons (Fsp3) is 0.533. The number of amides is 1. The maximum absolute atomic E-state index is 12.7. The largest absolute Gasteiger partial charge is 0.332 e. The van der Waals surface area contributed by atoms with Gasteiger partial charge in [0.2, 0.25) is 0 Å². The van der Waals surface area contributed by atoms with Crippen molar-refractivity contribution in [1.29, 1.82) is 0 Å². The van der Waals surface area contributed by atoms with Crippen LogP contribution in [0, 0.1) is 6.92 Å². The van der Waals surface area contributed by atoms with Crippen molar-refractivity contribution in [2.75, 3.05) is 6.54 Å². The van der Waals surface area contributed by atoms with Gasteiger partial charge in [-0.1, -0.05) is 22.0 Å². The third kappa shape index (κ3) is 3.00. The third-order valence-corrected chi connectivity index (χ3v) is 4.81. The van der Waals surface area contributed by atoms with Crippen LogP contribution in [0.1, 0.15) is 42.1 Å². The minimum Gasteiger partial charge on any atom is -0.332 e. The van der Waals surface area contributed by atoms with Crippen molar-refractivity contribution >= 4 is 21.8 Å². The average Bonchev–Trinajstić information content (AvgIpc) is 2.40. The summed E-state index contributed by atoms with van der Waals surface area (Å²) in [5.74, 6) is 0.100. The van der Waals surface area contributed by atoms with Crippen molar-refractivity contribution in [3.05, 3.63) is 33.8 Å². The number of hydrogen-bond acceptors (Lipinski definition) is 2. The summed E-state index contributed by atoms with van der Waals surface area (Å²) < 4.78 is 0.979. The standard InChI is InChI=1S/C15H21BrN2O/c1-10-6-7-12(8-14(10)16)15(19)18-11(2)4-3-5-13(18)9-17/h6-8,11,13H,3-5,9,17H2,1-2H3. The molecule has 4 heteroatoms. The maximum atomic E-state index is 12.7. The number of piperidine rings is 1. The molecule has 104 valence electrons. The fourth-order valence-electron chi connectivity index (χ4n) is 2.76. The smallest absolute Gasteiger partial charge is 0.254 e. The van der Waals surface area contributed by atoms with E-state index >= 15 is 0 Å². The second-order valence-electron chi connectivity index (χ2n) is 5.35. The molecule has 0 aliphatic carbocycles. The van der Waals surface area contributed by atoms with Crippen LogP contribution in [0.5, 0.6) is 0 Å². The molecule has 1 fully saturated rings. The van der Waals surface area contributed by atoms with Gasteiger partial charge in [-0.15, -0.1) is 0 Å². The lowest BCUT2D eigenvalue weighted by molar-refractivity contribution is 0.0494. The Morgan fingerprint density at radius 2 is 2.21 bits per heavy atom. The van der Waals surface area contributed by atoms with Crippen LogP contribution >= 0.6 is 15.9 Å². The number of aryl methyl sites for hydroxylation is 1. The highest BCUT2D eigenvalue weighted by Gasteiger charge is 2.31. The van der Waals surface area contributed by atoms with E-state index in [0.717, 1.165) is 34.9 Å². The van der Waals surface area contributed by atoms with Crippen LogP contribution in [-0.4, -0.2) is 29.4 Å². The van der Waals surface area contributed by atoms with Crippen molar-refractivity contribution in [1.82, 2.24) is 4.90 Å². The Morgan fingerprint density at radius 1 is 1.47 bits per heavy atom. The summed E-state index contributed by atoms with van der Waals surface area (Å²) in [6.07, 6.45) is 3.24. The van der Waals surface area contributed by atoms with E-state index in [0.29, 0.717) is 6.54 Å². The van der Waals surface area contributed by atoms with Gasteiger partial charge in [0.15, 0.2) is 0 Å². The number of benzene rings is 1. The van der Waals surface area contributed by atoms with Gasteiger partial charge in [-0.25, -0.2) is 0 Å². The van der Waals surface area contributed by atoms with E-state index < -0.39 is 0 Å². The van der Waals surface area contributed by atoms with Crippen LogP contribution in [0.15, 0.2) is 22.7 Å². The van der Waals surface area contributed by atoms with E-state index in [-0.39, 0.29) is 18.0 Å².